The number of anilines is 1. The second-order valence-corrected chi connectivity index (χ2v) is 5.45. The Bertz CT molecular complexity index is 867. The fraction of sp³-hybridized carbons (Fsp3) is 0.158. The predicted octanol–water partition coefficient (Wildman–Crippen LogP) is 4.11. The molecule has 1 N–H and O–H groups in total. The van der Waals surface area contributed by atoms with Crippen molar-refractivity contribution < 1.29 is 9.53 Å². The predicted molar refractivity (Wildman–Crippen MR) is 92.2 cm³/mol. The van der Waals surface area contributed by atoms with Crippen LogP contribution in [0, 0.1) is 13.8 Å². The van der Waals surface area contributed by atoms with Crippen LogP contribution in [0.15, 0.2) is 48.5 Å². The highest BCUT2D eigenvalue weighted by Crippen LogP contribution is 2.24. The standard InChI is InChI=1S/C19H18N2O2/c1-12-6-4-7-13(2)17(12)21-19(22)15-11-10-14-8-5-9-16(23-3)18(14)20-15/h4-11H,1-3H3,(H,21,22). The molecular weight excluding hydrogens is 288 g/mol. The summed E-state index contributed by atoms with van der Waals surface area (Å²) in [7, 11) is 1.60. The first-order valence-corrected chi connectivity index (χ1v) is 7.41. The third-order valence-electron chi connectivity index (χ3n) is 3.86. The molecule has 116 valence electrons. The van der Waals surface area contributed by atoms with E-state index in [2.05, 4.69) is 10.3 Å². The van der Waals surface area contributed by atoms with Gasteiger partial charge in [-0.05, 0) is 37.1 Å². The molecule has 0 saturated carbocycles. The van der Waals surface area contributed by atoms with Gasteiger partial charge in [0, 0.05) is 11.1 Å². The number of nitrogens with zero attached hydrogens (tertiary/aromatic N) is 1. The number of hydrogen-bond donors (Lipinski definition) is 1. The smallest absolute Gasteiger partial charge is 0.274 e. The van der Waals surface area contributed by atoms with Gasteiger partial charge in [-0.1, -0.05) is 36.4 Å². The molecule has 4 nitrogen and oxygen atoms in total. The lowest BCUT2D eigenvalue weighted by Crippen LogP contribution is -2.15. The molecular formula is C19H18N2O2. The van der Waals surface area contributed by atoms with Crippen LogP contribution in [0.5, 0.6) is 5.75 Å². The van der Waals surface area contributed by atoms with Gasteiger partial charge in [-0.3, -0.25) is 4.79 Å². The normalized spacial score (nSPS) is 10.6. The number of nitrogens with one attached hydrogen (secondary N) is 1. The number of benzene rings is 2. The minimum absolute atomic E-state index is 0.227. The van der Waals surface area contributed by atoms with Gasteiger partial charge in [0.2, 0.25) is 0 Å². The average molecular weight is 306 g/mol. The first kappa shape index (κ1) is 15.0. The van der Waals surface area contributed by atoms with Gasteiger partial charge in [0.25, 0.3) is 5.91 Å². The van der Waals surface area contributed by atoms with Crippen molar-refractivity contribution in [2.75, 3.05) is 12.4 Å². The summed E-state index contributed by atoms with van der Waals surface area (Å²) in [5.74, 6) is 0.430. The molecule has 0 aliphatic heterocycles. The first-order valence-electron chi connectivity index (χ1n) is 7.41. The molecule has 1 aromatic heterocycles. The monoisotopic (exact) mass is 306 g/mol. The number of rotatable bonds is 3. The molecule has 0 bridgehead atoms. The van der Waals surface area contributed by atoms with Gasteiger partial charge >= 0.3 is 0 Å². The van der Waals surface area contributed by atoms with E-state index in [1.165, 1.54) is 0 Å². The number of aryl methyl sites for hydroxylation is 2. The van der Waals surface area contributed by atoms with Crippen molar-refractivity contribution in [3.63, 3.8) is 0 Å². The first-order chi connectivity index (χ1) is 11.1. The summed E-state index contributed by atoms with van der Waals surface area (Å²) in [6.07, 6.45) is 0. The number of ether oxygens (including phenoxy) is 1. The largest absolute Gasteiger partial charge is 0.494 e. The quantitative estimate of drug-likeness (QED) is 0.792. The third kappa shape index (κ3) is 2.88. The van der Waals surface area contributed by atoms with E-state index in [1.54, 1.807) is 13.2 Å². The lowest BCUT2D eigenvalue weighted by molar-refractivity contribution is 0.102. The van der Waals surface area contributed by atoms with Crippen LogP contribution in [-0.2, 0) is 0 Å². The molecule has 0 atom stereocenters. The molecule has 0 saturated heterocycles. The summed E-state index contributed by atoms with van der Waals surface area (Å²) in [5.41, 5.74) is 3.93. The summed E-state index contributed by atoms with van der Waals surface area (Å²) in [6.45, 7) is 3.94. The minimum atomic E-state index is -0.227. The Hall–Kier alpha value is -2.88. The van der Waals surface area contributed by atoms with Crippen LogP contribution < -0.4 is 10.1 Å². The lowest BCUT2D eigenvalue weighted by Gasteiger charge is -2.12. The number of pyridine rings is 1. The van der Waals surface area contributed by atoms with Gasteiger partial charge in [-0.2, -0.15) is 0 Å². The number of aromatic nitrogens is 1. The number of fused-ring (bicyclic) bond motifs is 1. The summed E-state index contributed by atoms with van der Waals surface area (Å²) < 4.78 is 5.32. The van der Waals surface area contributed by atoms with Gasteiger partial charge in [-0.15, -0.1) is 0 Å². The number of carbonyl (C=O) groups is 1. The van der Waals surface area contributed by atoms with Crippen LogP contribution in [0.25, 0.3) is 10.9 Å². The maximum Gasteiger partial charge on any atom is 0.274 e. The zero-order valence-corrected chi connectivity index (χ0v) is 13.4. The zero-order valence-electron chi connectivity index (χ0n) is 13.4. The van der Waals surface area contributed by atoms with Crippen LogP contribution in [0.2, 0.25) is 0 Å². The van der Waals surface area contributed by atoms with E-state index < -0.39 is 0 Å². The van der Waals surface area contributed by atoms with Crippen molar-refractivity contribution in [1.29, 1.82) is 0 Å². The van der Waals surface area contributed by atoms with Crippen LogP contribution in [0.3, 0.4) is 0 Å². The Morgan fingerprint density at radius 3 is 2.39 bits per heavy atom. The minimum Gasteiger partial charge on any atom is -0.494 e. The average Bonchev–Trinajstić information content (AvgIpc) is 2.57. The Kier molecular flexibility index (Phi) is 3.98. The number of carbonyl (C=O) groups excluding carboxylic acids is 1. The van der Waals surface area contributed by atoms with Gasteiger partial charge in [0.05, 0.1) is 7.11 Å². The van der Waals surface area contributed by atoms with Crippen molar-refractivity contribution in [2.45, 2.75) is 13.8 Å². The van der Waals surface area contributed by atoms with Gasteiger partial charge < -0.3 is 10.1 Å². The third-order valence-corrected chi connectivity index (χ3v) is 3.86. The molecule has 2 aromatic carbocycles. The SMILES string of the molecule is COc1cccc2ccc(C(=O)Nc3c(C)cccc3C)nc12. The van der Waals surface area contributed by atoms with E-state index in [9.17, 15) is 4.79 Å². The van der Waals surface area contributed by atoms with Crippen molar-refractivity contribution in [2.24, 2.45) is 0 Å². The van der Waals surface area contributed by atoms with Crippen molar-refractivity contribution in [1.82, 2.24) is 4.98 Å². The molecule has 0 aliphatic rings. The van der Waals surface area contributed by atoms with E-state index in [4.69, 9.17) is 4.74 Å². The van der Waals surface area contributed by atoms with Crippen LogP contribution in [0.4, 0.5) is 5.69 Å². The highest BCUT2D eigenvalue weighted by Gasteiger charge is 2.12. The van der Waals surface area contributed by atoms with Crippen LogP contribution in [-0.4, -0.2) is 18.0 Å². The molecule has 3 aromatic rings. The molecule has 1 heterocycles. The fourth-order valence-corrected chi connectivity index (χ4v) is 2.60. The van der Waals surface area contributed by atoms with Crippen molar-refractivity contribution in [3.8, 4) is 5.75 Å². The molecule has 0 aliphatic carbocycles. The maximum atomic E-state index is 12.5. The van der Waals surface area contributed by atoms with E-state index >= 15 is 0 Å². The fourth-order valence-electron chi connectivity index (χ4n) is 2.60. The van der Waals surface area contributed by atoms with Crippen LogP contribution in [0.1, 0.15) is 21.6 Å². The summed E-state index contributed by atoms with van der Waals surface area (Å²) >= 11 is 0. The lowest BCUT2D eigenvalue weighted by atomic mass is 10.1. The maximum absolute atomic E-state index is 12.5. The topological polar surface area (TPSA) is 51.2 Å². The highest BCUT2D eigenvalue weighted by atomic mass is 16.5. The zero-order chi connectivity index (χ0) is 16.4. The van der Waals surface area contributed by atoms with Crippen LogP contribution >= 0.6 is 0 Å². The second kappa shape index (κ2) is 6.08. The Morgan fingerprint density at radius 1 is 1.00 bits per heavy atom. The van der Waals surface area contributed by atoms with Gasteiger partial charge in [-0.25, -0.2) is 4.98 Å². The molecule has 3 rings (SSSR count). The van der Waals surface area contributed by atoms with Crippen molar-refractivity contribution in [3.05, 3.63) is 65.4 Å². The molecule has 4 heteroatoms. The number of para-hydroxylation sites is 2. The Morgan fingerprint density at radius 2 is 1.70 bits per heavy atom. The molecule has 0 spiro atoms. The molecule has 23 heavy (non-hydrogen) atoms. The number of amides is 1. The molecule has 1 amide bonds. The number of methoxy groups -OCH3 is 1. The van der Waals surface area contributed by atoms with E-state index in [0.29, 0.717) is 17.0 Å². The summed E-state index contributed by atoms with van der Waals surface area (Å²) in [5, 5.41) is 3.89. The second-order valence-electron chi connectivity index (χ2n) is 5.45. The van der Waals surface area contributed by atoms with Gasteiger partial charge in [0.1, 0.15) is 17.0 Å². The Labute approximate surface area is 135 Å². The van der Waals surface area contributed by atoms with Gasteiger partial charge in [0.15, 0.2) is 0 Å². The summed E-state index contributed by atoms with van der Waals surface area (Å²) in [6, 6.07) is 15.2. The van der Waals surface area contributed by atoms with E-state index in [-0.39, 0.29) is 5.91 Å². The summed E-state index contributed by atoms with van der Waals surface area (Å²) in [4.78, 5) is 17.0. The molecule has 0 fully saturated rings. The highest BCUT2D eigenvalue weighted by molar-refractivity contribution is 6.05. The number of hydrogen-bond acceptors (Lipinski definition) is 3. The molecule has 0 radical (unpaired) electrons. The van der Waals surface area contributed by atoms with E-state index in [1.807, 2.05) is 56.3 Å². The van der Waals surface area contributed by atoms with Crippen molar-refractivity contribution >= 4 is 22.5 Å². The Balaban J connectivity index is 1.98. The van der Waals surface area contributed by atoms with E-state index in [0.717, 1.165) is 22.2 Å². The molecule has 0 unspecified atom stereocenters.